The van der Waals surface area contributed by atoms with E-state index in [0.29, 0.717) is 6.54 Å². The summed E-state index contributed by atoms with van der Waals surface area (Å²) in [6, 6.07) is -0.152. The molecule has 0 heterocycles. The number of hydrogen-bond acceptors (Lipinski definition) is 3. The van der Waals surface area contributed by atoms with Gasteiger partial charge in [-0.05, 0) is 14.0 Å². The number of aliphatic hydroxyl groups excluding tert-OH is 1. The van der Waals surface area contributed by atoms with Crippen LogP contribution in [0.4, 0.5) is 0 Å². The van der Waals surface area contributed by atoms with Gasteiger partial charge in [-0.1, -0.05) is 0 Å². The van der Waals surface area contributed by atoms with Crippen molar-refractivity contribution in [2.45, 2.75) is 13.0 Å². The van der Waals surface area contributed by atoms with Gasteiger partial charge in [0.15, 0.2) is 0 Å². The third-order valence-electron chi connectivity index (χ3n) is 1.02. The minimum atomic E-state index is -0.152. The van der Waals surface area contributed by atoms with E-state index < -0.39 is 0 Å². The summed E-state index contributed by atoms with van der Waals surface area (Å²) in [5.74, 6) is -0.0935. The molecule has 10 heavy (non-hydrogen) atoms. The molecular formula is C6H14N2O2. The van der Waals surface area contributed by atoms with Crippen molar-refractivity contribution in [2.75, 3.05) is 20.2 Å². The Bertz CT molecular complexity index is 106. The molecular weight excluding hydrogens is 132 g/mol. The molecule has 3 N–H and O–H groups in total. The number of amides is 1. The lowest BCUT2D eigenvalue weighted by atomic mass is 10.3. The molecule has 0 unspecified atom stereocenters. The van der Waals surface area contributed by atoms with Gasteiger partial charge in [-0.2, -0.15) is 0 Å². The fraction of sp³-hybridized carbons (Fsp3) is 0.833. The van der Waals surface area contributed by atoms with E-state index in [-0.39, 0.29) is 18.6 Å². The van der Waals surface area contributed by atoms with Gasteiger partial charge in [0, 0.05) is 6.04 Å². The number of likely N-dealkylation sites (N-methyl/N-ethyl adjacent to an activating group) is 1. The topological polar surface area (TPSA) is 61.4 Å². The van der Waals surface area contributed by atoms with Crippen molar-refractivity contribution in [3.63, 3.8) is 0 Å². The Morgan fingerprint density at radius 1 is 1.70 bits per heavy atom. The predicted octanol–water partition coefficient (Wildman–Crippen LogP) is -1.30. The van der Waals surface area contributed by atoms with Crippen LogP contribution in [0.1, 0.15) is 6.92 Å². The summed E-state index contributed by atoms with van der Waals surface area (Å²) in [5.41, 5.74) is 0. The zero-order chi connectivity index (χ0) is 7.98. The molecule has 0 aliphatic carbocycles. The molecule has 60 valence electrons. The van der Waals surface area contributed by atoms with E-state index in [2.05, 4.69) is 10.6 Å². The molecule has 0 fully saturated rings. The zero-order valence-corrected chi connectivity index (χ0v) is 6.35. The second kappa shape index (κ2) is 5.20. The molecule has 0 aromatic carbocycles. The van der Waals surface area contributed by atoms with E-state index in [1.54, 1.807) is 14.0 Å². The van der Waals surface area contributed by atoms with Crippen molar-refractivity contribution in [1.29, 1.82) is 0 Å². The van der Waals surface area contributed by atoms with Crippen LogP contribution < -0.4 is 10.6 Å². The molecule has 0 aromatic heterocycles. The lowest BCUT2D eigenvalue weighted by molar-refractivity contribution is -0.121. The summed E-state index contributed by atoms with van der Waals surface area (Å²) in [6.45, 7) is 2.02. The van der Waals surface area contributed by atoms with Gasteiger partial charge >= 0.3 is 0 Å². The van der Waals surface area contributed by atoms with Crippen LogP contribution in [0.5, 0.6) is 0 Å². The first-order valence-corrected chi connectivity index (χ1v) is 3.25. The molecule has 0 saturated carbocycles. The normalized spacial score (nSPS) is 12.7. The summed E-state index contributed by atoms with van der Waals surface area (Å²) < 4.78 is 0. The SMILES string of the molecule is CNCC(=O)N[C@H](C)CO. The van der Waals surface area contributed by atoms with Crippen LogP contribution in [-0.4, -0.2) is 37.3 Å². The molecule has 0 rings (SSSR count). The summed E-state index contributed by atoms with van der Waals surface area (Å²) in [7, 11) is 1.70. The Balaban J connectivity index is 3.37. The number of aliphatic hydroxyl groups is 1. The third-order valence-corrected chi connectivity index (χ3v) is 1.02. The van der Waals surface area contributed by atoms with Crippen LogP contribution in [-0.2, 0) is 4.79 Å². The number of hydrogen-bond donors (Lipinski definition) is 3. The standard InChI is InChI=1S/C6H14N2O2/c1-5(4-9)8-6(10)3-7-2/h5,7,9H,3-4H2,1-2H3,(H,8,10)/t5-/m1/s1. The van der Waals surface area contributed by atoms with Crippen LogP contribution in [0.15, 0.2) is 0 Å². The maximum atomic E-state index is 10.7. The monoisotopic (exact) mass is 146 g/mol. The highest BCUT2D eigenvalue weighted by Gasteiger charge is 2.02. The van der Waals surface area contributed by atoms with Crippen LogP contribution in [0.25, 0.3) is 0 Å². The van der Waals surface area contributed by atoms with Gasteiger partial charge in [-0.15, -0.1) is 0 Å². The number of carbonyl (C=O) groups is 1. The van der Waals surface area contributed by atoms with Crippen molar-refractivity contribution in [3.05, 3.63) is 0 Å². The van der Waals surface area contributed by atoms with Crippen molar-refractivity contribution < 1.29 is 9.90 Å². The van der Waals surface area contributed by atoms with E-state index >= 15 is 0 Å². The molecule has 0 aromatic rings. The summed E-state index contributed by atoms with van der Waals surface area (Å²) >= 11 is 0. The number of rotatable bonds is 4. The molecule has 0 radical (unpaired) electrons. The Morgan fingerprint density at radius 3 is 2.70 bits per heavy atom. The minimum Gasteiger partial charge on any atom is -0.394 e. The quantitative estimate of drug-likeness (QED) is 0.462. The van der Waals surface area contributed by atoms with E-state index in [1.165, 1.54) is 0 Å². The molecule has 0 aliphatic rings. The lowest BCUT2D eigenvalue weighted by Crippen LogP contribution is -2.39. The Hall–Kier alpha value is -0.610. The molecule has 1 amide bonds. The average Bonchev–Trinajstić information content (AvgIpc) is 1.88. The second-order valence-corrected chi connectivity index (χ2v) is 2.18. The Labute approximate surface area is 60.6 Å². The van der Waals surface area contributed by atoms with Gasteiger partial charge in [0.2, 0.25) is 5.91 Å². The first kappa shape index (κ1) is 9.39. The highest BCUT2D eigenvalue weighted by atomic mass is 16.3. The van der Waals surface area contributed by atoms with Crippen molar-refractivity contribution >= 4 is 5.91 Å². The van der Waals surface area contributed by atoms with E-state index in [9.17, 15) is 4.79 Å². The van der Waals surface area contributed by atoms with Crippen LogP contribution in [0.2, 0.25) is 0 Å². The van der Waals surface area contributed by atoms with Gasteiger partial charge in [0.1, 0.15) is 0 Å². The minimum absolute atomic E-state index is 0.0184. The highest BCUT2D eigenvalue weighted by Crippen LogP contribution is 1.76. The van der Waals surface area contributed by atoms with Crippen molar-refractivity contribution in [2.24, 2.45) is 0 Å². The fourth-order valence-electron chi connectivity index (χ4n) is 0.532. The van der Waals surface area contributed by atoms with E-state index in [0.717, 1.165) is 0 Å². The van der Waals surface area contributed by atoms with Crippen molar-refractivity contribution in [3.8, 4) is 0 Å². The predicted molar refractivity (Wildman–Crippen MR) is 38.6 cm³/mol. The van der Waals surface area contributed by atoms with Crippen LogP contribution >= 0.6 is 0 Å². The molecule has 0 saturated heterocycles. The first-order valence-electron chi connectivity index (χ1n) is 3.25. The van der Waals surface area contributed by atoms with Gasteiger partial charge in [-0.25, -0.2) is 0 Å². The third kappa shape index (κ3) is 4.29. The molecule has 1 atom stereocenters. The highest BCUT2D eigenvalue weighted by molar-refractivity contribution is 5.78. The summed E-state index contributed by atoms with van der Waals surface area (Å²) in [5, 5.41) is 13.8. The van der Waals surface area contributed by atoms with Crippen LogP contribution in [0, 0.1) is 0 Å². The molecule has 4 heteroatoms. The van der Waals surface area contributed by atoms with E-state index in [1.807, 2.05) is 0 Å². The molecule has 4 nitrogen and oxygen atoms in total. The van der Waals surface area contributed by atoms with E-state index in [4.69, 9.17) is 5.11 Å². The van der Waals surface area contributed by atoms with Crippen molar-refractivity contribution in [1.82, 2.24) is 10.6 Å². The summed E-state index contributed by atoms with van der Waals surface area (Å²) in [6.07, 6.45) is 0. The summed E-state index contributed by atoms with van der Waals surface area (Å²) in [4.78, 5) is 10.7. The number of carbonyl (C=O) groups excluding carboxylic acids is 1. The Kier molecular flexibility index (Phi) is 4.88. The number of nitrogens with one attached hydrogen (secondary N) is 2. The smallest absolute Gasteiger partial charge is 0.234 e. The van der Waals surface area contributed by atoms with Gasteiger partial charge in [0.05, 0.1) is 13.2 Å². The molecule has 0 aliphatic heterocycles. The molecule has 0 spiro atoms. The second-order valence-electron chi connectivity index (χ2n) is 2.18. The largest absolute Gasteiger partial charge is 0.394 e. The maximum Gasteiger partial charge on any atom is 0.234 e. The fourth-order valence-corrected chi connectivity index (χ4v) is 0.532. The zero-order valence-electron chi connectivity index (χ0n) is 6.35. The van der Waals surface area contributed by atoms with Crippen LogP contribution in [0.3, 0.4) is 0 Å². The maximum absolute atomic E-state index is 10.7. The van der Waals surface area contributed by atoms with Gasteiger partial charge in [-0.3, -0.25) is 4.79 Å². The first-order chi connectivity index (χ1) is 4.70. The lowest BCUT2D eigenvalue weighted by Gasteiger charge is -2.09. The van der Waals surface area contributed by atoms with Gasteiger partial charge in [0.25, 0.3) is 0 Å². The molecule has 0 bridgehead atoms. The van der Waals surface area contributed by atoms with Gasteiger partial charge < -0.3 is 15.7 Å². The average molecular weight is 146 g/mol. The Morgan fingerprint density at radius 2 is 2.30 bits per heavy atom.